The van der Waals surface area contributed by atoms with Gasteiger partial charge < -0.3 is 10.6 Å². The second kappa shape index (κ2) is 12.7. The predicted molar refractivity (Wildman–Crippen MR) is 149 cm³/mol. The molecule has 0 saturated carbocycles. The van der Waals surface area contributed by atoms with Gasteiger partial charge in [0.25, 0.3) is 5.56 Å². The van der Waals surface area contributed by atoms with Crippen LogP contribution in [0.3, 0.4) is 0 Å². The van der Waals surface area contributed by atoms with Crippen molar-refractivity contribution in [3.05, 3.63) is 111 Å². The largest absolute Gasteiger partial charge is 0.356 e. The fourth-order valence-corrected chi connectivity index (χ4v) is 4.31. The molecule has 196 valence electrons. The summed E-state index contributed by atoms with van der Waals surface area (Å²) in [5.74, 6) is -0.391. The molecule has 2 amide bonds. The second-order valence-corrected chi connectivity index (χ2v) is 9.16. The highest BCUT2D eigenvalue weighted by atomic mass is 16.2. The third-order valence-electron chi connectivity index (χ3n) is 6.34. The minimum absolute atomic E-state index is 0.0743. The van der Waals surface area contributed by atoms with Crippen LogP contribution >= 0.6 is 0 Å². The number of fused-ring (bicyclic) bond motifs is 1. The molecule has 0 fully saturated rings. The van der Waals surface area contributed by atoms with E-state index in [9.17, 15) is 19.2 Å². The van der Waals surface area contributed by atoms with E-state index in [4.69, 9.17) is 0 Å². The van der Waals surface area contributed by atoms with Crippen molar-refractivity contribution < 1.29 is 9.59 Å². The topological polar surface area (TPSA) is 102 Å². The van der Waals surface area contributed by atoms with E-state index in [2.05, 4.69) is 17.6 Å². The van der Waals surface area contributed by atoms with Gasteiger partial charge >= 0.3 is 5.69 Å². The predicted octanol–water partition coefficient (Wildman–Crippen LogP) is 2.97. The Morgan fingerprint density at radius 1 is 0.763 bits per heavy atom. The molecule has 0 saturated heterocycles. The summed E-state index contributed by atoms with van der Waals surface area (Å²) in [4.78, 5) is 51.8. The van der Waals surface area contributed by atoms with Crippen LogP contribution in [0.2, 0.25) is 0 Å². The van der Waals surface area contributed by atoms with E-state index < -0.39 is 11.2 Å². The number of nitrogens with zero attached hydrogens (tertiary/aromatic N) is 2. The summed E-state index contributed by atoms with van der Waals surface area (Å²) in [6.07, 6.45) is 2.81. The summed E-state index contributed by atoms with van der Waals surface area (Å²) in [6, 6.07) is 23.3. The van der Waals surface area contributed by atoms with Gasteiger partial charge in [0.05, 0.1) is 23.0 Å². The van der Waals surface area contributed by atoms with E-state index in [0.29, 0.717) is 36.1 Å². The van der Waals surface area contributed by atoms with Crippen molar-refractivity contribution in [1.82, 2.24) is 19.8 Å². The number of unbranched alkanes of at least 4 members (excludes halogenated alkanes) is 1. The molecule has 0 radical (unpaired) electrons. The first-order chi connectivity index (χ1) is 18.5. The van der Waals surface area contributed by atoms with Gasteiger partial charge in [0.2, 0.25) is 11.8 Å². The zero-order valence-corrected chi connectivity index (χ0v) is 21.5. The third-order valence-corrected chi connectivity index (χ3v) is 6.34. The minimum atomic E-state index is -0.600. The summed E-state index contributed by atoms with van der Waals surface area (Å²) in [7, 11) is 0. The number of rotatable bonds is 11. The van der Waals surface area contributed by atoms with Crippen molar-refractivity contribution in [2.24, 2.45) is 0 Å². The van der Waals surface area contributed by atoms with Crippen LogP contribution in [0.25, 0.3) is 16.6 Å². The quantitative estimate of drug-likeness (QED) is 0.302. The van der Waals surface area contributed by atoms with Gasteiger partial charge in [-0.25, -0.2) is 9.36 Å². The van der Waals surface area contributed by atoms with Crippen molar-refractivity contribution in [3.63, 3.8) is 0 Å². The fraction of sp³-hybridized carbons (Fsp3) is 0.267. The number of benzene rings is 3. The van der Waals surface area contributed by atoms with Crippen molar-refractivity contribution in [3.8, 4) is 5.69 Å². The molecule has 2 N–H and O–H groups in total. The van der Waals surface area contributed by atoms with E-state index in [-0.39, 0.29) is 24.8 Å². The van der Waals surface area contributed by atoms with Crippen molar-refractivity contribution in [2.75, 3.05) is 13.1 Å². The maximum absolute atomic E-state index is 13.5. The molecule has 1 heterocycles. The second-order valence-electron chi connectivity index (χ2n) is 9.16. The first kappa shape index (κ1) is 26.6. The lowest BCUT2D eigenvalue weighted by molar-refractivity contribution is -0.122. The molecule has 4 rings (SSSR count). The zero-order valence-electron chi connectivity index (χ0n) is 21.5. The van der Waals surface area contributed by atoms with Crippen molar-refractivity contribution >= 4 is 22.7 Å². The van der Waals surface area contributed by atoms with E-state index in [1.54, 1.807) is 48.5 Å². The Kier molecular flexibility index (Phi) is 8.87. The number of amides is 2. The molecule has 8 nitrogen and oxygen atoms in total. The zero-order chi connectivity index (χ0) is 26.9. The Labute approximate surface area is 220 Å². The van der Waals surface area contributed by atoms with E-state index in [1.165, 1.54) is 4.57 Å². The molecular formula is C30H32N4O4. The van der Waals surface area contributed by atoms with Crippen molar-refractivity contribution in [2.45, 2.75) is 39.2 Å². The van der Waals surface area contributed by atoms with Crippen LogP contribution in [0.5, 0.6) is 0 Å². The first-order valence-electron chi connectivity index (χ1n) is 12.9. The number of nitrogens with one attached hydrogen (secondary N) is 2. The Morgan fingerprint density at radius 3 is 2.18 bits per heavy atom. The Morgan fingerprint density at radius 2 is 1.45 bits per heavy atom. The standard InChI is InChI=1S/C30H32N4O4/c1-2-3-18-31-27(35)20-23-13-15-24(16-14-23)34-29(37)25-11-7-8-12-26(25)33(30(34)38)21-28(36)32-19-17-22-9-5-4-6-10-22/h4-16H,2-3,17-21H2,1H3,(H,31,35)(H,32,36). The minimum Gasteiger partial charge on any atom is -0.356 e. The Hall–Kier alpha value is -4.46. The van der Waals surface area contributed by atoms with Gasteiger partial charge in [0.1, 0.15) is 6.54 Å². The number of carbonyl (C=O) groups excluding carboxylic acids is 2. The lowest BCUT2D eigenvalue weighted by Crippen LogP contribution is -2.42. The third kappa shape index (κ3) is 6.45. The average molecular weight is 513 g/mol. The SMILES string of the molecule is CCCCNC(=O)Cc1ccc(-n2c(=O)c3ccccc3n(CC(=O)NCCc3ccccc3)c2=O)cc1. The van der Waals surface area contributed by atoms with Crippen LogP contribution in [-0.2, 0) is 29.0 Å². The summed E-state index contributed by atoms with van der Waals surface area (Å²) in [5, 5.41) is 6.08. The van der Waals surface area contributed by atoms with Gasteiger partial charge in [0.15, 0.2) is 0 Å². The molecule has 8 heteroatoms. The first-order valence-corrected chi connectivity index (χ1v) is 12.9. The molecular weight excluding hydrogens is 480 g/mol. The summed E-state index contributed by atoms with van der Waals surface area (Å²) < 4.78 is 2.40. The van der Waals surface area contributed by atoms with Gasteiger partial charge in [-0.3, -0.25) is 19.0 Å². The van der Waals surface area contributed by atoms with Crippen LogP contribution < -0.4 is 21.9 Å². The highest BCUT2D eigenvalue weighted by Crippen LogP contribution is 2.12. The molecule has 0 aliphatic carbocycles. The van der Waals surface area contributed by atoms with Gasteiger partial charge in [0, 0.05) is 13.1 Å². The lowest BCUT2D eigenvalue weighted by Gasteiger charge is -2.14. The highest BCUT2D eigenvalue weighted by molar-refractivity contribution is 5.82. The van der Waals surface area contributed by atoms with Gasteiger partial charge in [-0.15, -0.1) is 0 Å². The fourth-order valence-electron chi connectivity index (χ4n) is 4.31. The molecule has 0 aliphatic heterocycles. The van der Waals surface area contributed by atoms with E-state index >= 15 is 0 Å². The lowest BCUT2D eigenvalue weighted by atomic mass is 10.1. The molecule has 1 aromatic heterocycles. The van der Waals surface area contributed by atoms with Crippen LogP contribution in [0.1, 0.15) is 30.9 Å². The van der Waals surface area contributed by atoms with Crippen LogP contribution in [0.4, 0.5) is 0 Å². The van der Waals surface area contributed by atoms with Crippen molar-refractivity contribution in [1.29, 1.82) is 0 Å². The number of aromatic nitrogens is 2. The number of hydrogen-bond acceptors (Lipinski definition) is 4. The van der Waals surface area contributed by atoms with E-state index in [1.807, 2.05) is 30.3 Å². The highest BCUT2D eigenvalue weighted by Gasteiger charge is 2.16. The molecule has 0 bridgehead atoms. The van der Waals surface area contributed by atoms with Gasteiger partial charge in [-0.05, 0) is 48.2 Å². The normalized spacial score (nSPS) is 10.9. The summed E-state index contributed by atoms with van der Waals surface area (Å²) in [5.41, 5.74) is 1.59. The van der Waals surface area contributed by atoms with Crippen LogP contribution in [0.15, 0.2) is 88.5 Å². The Bertz CT molecular complexity index is 1520. The smallest absolute Gasteiger partial charge is 0.336 e. The maximum atomic E-state index is 13.5. The van der Waals surface area contributed by atoms with Crippen LogP contribution in [-0.4, -0.2) is 34.0 Å². The Balaban J connectivity index is 1.57. The number of para-hydroxylation sites is 1. The van der Waals surface area contributed by atoms with Crippen LogP contribution in [0, 0.1) is 0 Å². The molecule has 38 heavy (non-hydrogen) atoms. The number of hydrogen-bond donors (Lipinski definition) is 2. The maximum Gasteiger partial charge on any atom is 0.336 e. The van der Waals surface area contributed by atoms with Gasteiger partial charge in [-0.2, -0.15) is 0 Å². The van der Waals surface area contributed by atoms with Gasteiger partial charge in [-0.1, -0.05) is 67.9 Å². The summed E-state index contributed by atoms with van der Waals surface area (Å²) in [6.45, 7) is 2.92. The summed E-state index contributed by atoms with van der Waals surface area (Å²) >= 11 is 0. The molecule has 0 atom stereocenters. The average Bonchev–Trinajstić information content (AvgIpc) is 2.93. The monoisotopic (exact) mass is 512 g/mol. The molecule has 0 unspecified atom stereocenters. The molecule has 0 spiro atoms. The molecule has 4 aromatic rings. The molecule has 3 aromatic carbocycles. The van der Waals surface area contributed by atoms with E-state index in [0.717, 1.165) is 28.5 Å². The molecule has 0 aliphatic rings. The number of carbonyl (C=O) groups is 2.